The molecule has 1 saturated carbocycles. The third kappa shape index (κ3) is 2.65. The fourth-order valence-corrected chi connectivity index (χ4v) is 1.62. The highest BCUT2D eigenvalue weighted by atomic mass is 16.5. The lowest BCUT2D eigenvalue weighted by atomic mass is 9.75. The van der Waals surface area contributed by atoms with E-state index in [4.69, 9.17) is 4.74 Å². The van der Waals surface area contributed by atoms with Gasteiger partial charge in [-0.3, -0.25) is 9.59 Å². The summed E-state index contributed by atoms with van der Waals surface area (Å²) in [6, 6.07) is 0. The van der Waals surface area contributed by atoms with Gasteiger partial charge < -0.3 is 4.74 Å². The number of ketones is 1. The van der Waals surface area contributed by atoms with Crippen LogP contribution in [0, 0.1) is 5.41 Å². The van der Waals surface area contributed by atoms with Gasteiger partial charge in [0.1, 0.15) is 0 Å². The van der Waals surface area contributed by atoms with E-state index < -0.39 is 12.1 Å². The van der Waals surface area contributed by atoms with E-state index in [1.165, 1.54) is 0 Å². The van der Waals surface area contributed by atoms with E-state index in [0.29, 0.717) is 12.8 Å². The summed E-state index contributed by atoms with van der Waals surface area (Å²) in [5.74, 6) is -1.04. The van der Waals surface area contributed by atoms with E-state index >= 15 is 0 Å². The van der Waals surface area contributed by atoms with E-state index in [0.717, 1.165) is 6.42 Å². The molecule has 0 N–H and O–H groups in total. The first kappa shape index (κ1) is 10.9. The van der Waals surface area contributed by atoms with Crippen molar-refractivity contribution < 1.29 is 19.1 Å². The van der Waals surface area contributed by atoms with Crippen molar-refractivity contribution >= 4 is 18.0 Å². The summed E-state index contributed by atoms with van der Waals surface area (Å²) in [7, 11) is 0. The molecule has 0 bridgehead atoms. The van der Waals surface area contributed by atoms with Gasteiger partial charge in [0, 0.05) is 6.42 Å². The molecule has 0 aliphatic heterocycles. The van der Waals surface area contributed by atoms with Gasteiger partial charge in [0.15, 0.2) is 11.9 Å². The maximum atomic E-state index is 11.3. The highest BCUT2D eigenvalue weighted by Crippen LogP contribution is 2.34. The standard InChI is InChI=1S/C10H14O4/c1-10(2)4-3-7(12)8(5-10)14-9(13)6-11/h6,8H,3-5H2,1-2H3. The second-order valence-electron chi connectivity index (χ2n) is 4.38. The highest BCUT2D eigenvalue weighted by Gasteiger charge is 2.35. The molecule has 78 valence electrons. The van der Waals surface area contributed by atoms with E-state index in [2.05, 4.69) is 0 Å². The van der Waals surface area contributed by atoms with Crippen LogP contribution in [-0.2, 0) is 19.1 Å². The van der Waals surface area contributed by atoms with Gasteiger partial charge in [0.05, 0.1) is 0 Å². The lowest BCUT2D eigenvalue weighted by molar-refractivity contribution is -0.160. The number of hydrogen-bond acceptors (Lipinski definition) is 4. The number of hydrogen-bond donors (Lipinski definition) is 0. The van der Waals surface area contributed by atoms with Gasteiger partial charge in [-0.15, -0.1) is 0 Å². The van der Waals surface area contributed by atoms with Crippen LogP contribution in [0.15, 0.2) is 0 Å². The van der Waals surface area contributed by atoms with Crippen molar-refractivity contribution in [3.05, 3.63) is 0 Å². The fraction of sp³-hybridized carbons (Fsp3) is 0.700. The number of ether oxygens (including phenoxy) is 1. The lowest BCUT2D eigenvalue weighted by Gasteiger charge is -2.33. The smallest absolute Gasteiger partial charge is 0.372 e. The predicted molar refractivity (Wildman–Crippen MR) is 48.6 cm³/mol. The Balaban J connectivity index is 2.61. The quantitative estimate of drug-likeness (QED) is 0.375. The molecular formula is C10H14O4. The van der Waals surface area contributed by atoms with Crippen LogP contribution >= 0.6 is 0 Å². The van der Waals surface area contributed by atoms with E-state index in [1.807, 2.05) is 13.8 Å². The van der Waals surface area contributed by atoms with Gasteiger partial charge in [-0.1, -0.05) is 13.8 Å². The summed E-state index contributed by atoms with van der Waals surface area (Å²) in [5, 5.41) is 0. The molecule has 1 unspecified atom stereocenters. The average Bonchev–Trinajstić information content (AvgIpc) is 2.11. The Labute approximate surface area is 82.6 Å². The third-order valence-corrected chi connectivity index (χ3v) is 2.50. The summed E-state index contributed by atoms with van der Waals surface area (Å²) in [4.78, 5) is 32.1. The first-order valence-electron chi connectivity index (χ1n) is 4.63. The molecule has 1 fully saturated rings. The summed E-state index contributed by atoms with van der Waals surface area (Å²) in [5.41, 5.74) is 0.00173. The van der Waals surface area contributed by atoms with Crippen molar-refractivity contribution in [3.8, 4) is 0 Å². The average molecular weight is 198 g/mol. The second-order valence-corrected chi connectivity index (χ2v) is 4.38. The fourth-order valence-electron chi connectivity index (χ4n) is 1.62. The van der Waals surface area contributed by atoms with Crippen LogP contribution in [-0.4, -0.2) is 24.1 Å². The van der Waals surface area contributed by atoms with Crippen molar-refractivity contribution in [2.75, 3.05) is 0 Å². The van der Waals surface area contributed by atoms with Crippen molar-refractivity contribution in [2.45, 2.75) is 39.2 Å². The summed E-state index contributed by atoms with van der Waals surface area (Å²) in [6.45, 7) is 4.03. The lowest BCUT2D eigenvalue weighted by Crippen LogP contribution is -2.37. The molecule has 0 aromatic rings. The molecule has 0 spiro atoms. The molecule has 1 atom stereocenters. The van der Waals surface area contributed by atoms with E-state index in [1.54, 1.807) is 0 Å². The molecule has 4 nitrogen and oxygen atoms in total. The minimum atomic E-state index is -0.957. The summed E-state index contributed by atoms with van der Waals surface area (Å²) in [6.07, 6.45) is 1.10. The molecule has 1 rings (SSSR count). The Kier molecular flexibility index (Phi) is 3.03. The maximum Gasteiger partial charge on any atom is 0.372 e. The van der Waals surface area contributed by atoms with Crippen LogP contribution in [0.25, 0.3) is 0 Å². The van der Waals surface area contributed by atoms with Crippen LogP contribution in [0.4, 0.5) is 0 Å². The van der Waals surface area contributed by atoms with Crippen LogP contribution in [0.3, 0.4) is 0 Å². The topological polar surface area (TPSA) is 60.4 Å². The summed E-state index contributed by atoms with van der Waals surface area (Å²) < 4.78 is 4.73. The Morgan fingerprint density at radius 1 is 1.57 bits per heavy atom. The maximum absolute atomic E-state index is 11.3. The largest absolute Gasteiger partial charge is 0.449 e. The van der Waals surface area contributed by atoms with Crippen molar-refractivity contribution in [1.82, 2.24) is 0 Å². The molecule has 14 heavy (non-hydrogen) atoms. The molecule has 0 saturated heterocycles. The predicted octanol–water partition coefficient (Wildman–Crippen LogP) is 0.876. The van der Waals surface area contributed by atoms with E-state index in [-0.39, 0.29) is 17.5 Å². The van der Waals surface area contributed by atoms with Gasteiger partial charge in [0.2, 0.25) is 6.29 Å². The van der Waals surface area contributed by atoms with Crippen LogP contribution in [0.2, 0.25) is 0 Å². The van der Waals surface area contributed by atoms with Gasteiger partial charge in [0.25, 0.3) is 0 Å². The van der Waals surface area contributed by atoms with Gasteiger partial charge >= 0.3 is 5.97 Å². The molecule has 0 aromatic carbocycles. The number of rotatable bonds is 2. The number of Topliss-reactive ketones (excluding diaryl/α,β-unsaturated/α-hetero) is 1. The van der Waals surface area contributed by atoms with Crippen molar-refractivity contribution in [3.63, 3.8) is 0 Å². The molecule has 0 heterocycles. The molecule has 0 amide bonds. The van der Waals surface area contributed by atoms with E-state index in [9.17, 15) is 14.4 Å². The van der Waals surface area contributed by atoms with Crippen molar-refractivity contribution in [1.29, 1.82) is 0 Å². The Bertz CT molecular complexity index is 267. The number of esters is 1. The Morgan fingerprint density at radius 3 is 2.79 bits per heavy atom. The van der Waals surface area contributed by atoms with Crippen LogP contribution in [0.5, 0.6) is 0 Å². The zero-order valence-corrected chi connectivity index (χ0v) is 8.41. The minimum Gasteiger partial charge on any atom is -0.449 e. The Hall–Kier alpha value is -1.19. The summed E-state index contributed by atoms with van der Waals surface area (Å²) >= 11 is 0. The Morgan fingerprint density at radius 2 is 2.21 bits per heavy atom. The molecule has 0 aromatic heterocycles. The zero-order chi connectivity index (χ0) is 10.8. The number of aldehydes is 1. The van der Waals surface area contributed by atoms with Crippen LogP contribution < -0.4 is 0 Å². The molecule has 1 aliphatic carbocycles. The number of carbonyl (C=O) groups excluding carboxylic acids is 3. The molecular weight excluding hydrogens is 184 g/mol. The zero-order valence-electron chi connectivity index (χ0n) is 8.41. The molecule has 1 aliphatic rings. The first-order valence-corrected chi connectivity index (χ1v) is 4.63. The van der Waals surface area contributed by atoms with Crippen molar-refractivity contribution in [2.24, 2.45) is 5.41 Å². The third-order valence-electron chi connectivity index (χ3n) is 2.50. The second kappa shape index (κ2) is 3.90. The minimum absolute atomic E-state index is 0.00173. The van der Waals surface area contributed by atoms with Gasteiger partial charge in [-0.25, -0.2) is 4.79 Å². The van der Waals surface area contributed by atoms with Gasteiger partial charge in [-0.2, -0.15) is 0 Å². The van der Waals surface area contributed by atoms with Crippen LogP contribution in [0.1, 0.15) is 33.1 Å². The highest BCUT2D eigenvalue weighted by molar-refractivity contribution is 6.20. The normalized spacial score (nSPS) is 25.6. The monoisotopic (exact) mass is 198 g/mol. The number of carbonyl (C=O) groups is 3. The first-order chi connectivity index (χ1) is 6.44. The molecule has 0 radical (unpaired) electrons. The molecule has 4 heteroatoms. The SMILES string of the molecule is CC1(C)CCC(=O)C(OC(=O)C=O)C1. The van der Waals surface area contributed by atoms with Gasteiger partial charge in [-0.05, 0) is 18.3 Å².